The number of benzene rings is 2. The van der Waals surface area contributed by atoms with Crippen LogP contribution in [-0.4, -0.2) is 10.8 Å². The fraction of sp³-hybridized carbons (Fsp3) is 0.350. The first-order chi connectivity index (χ1) is 11.8. The van der Waals surface area contributed by atoms with E-state index < -0.39 is 4.92 Å². The zero-order chi connectivity index (χ0) is 18.6. The van der Waals surface area contributed by atoms with E-state index in [2.05, 4.69) is 24.4 Å². The highest BCUT2D eigenvalue weighted by atomic mass is 16.6. The molecule has 1 amide bonds. The van der Waals surface area contributed by atoms with Gasteiger partial charge in [-0.3, -0.25) is 14.9 Å². The first-order valence-electron chi connectivity index (χ1n) is 8.48. The third-order valence-electron chi connectivity index (χ3n) is 4.37. The quantitative estimate of drug-likeness (QED) is 0.617. The monoisotopic (exact) mass is 340 g/mol. The van der Waals surface area contributed by atoms with Crippen LogP contribution >= 0.6 is 0 Å². The smallest absolute Gasteiger partial charge is 0.273 e. The standard InChI is InChI=1S/C20H24N2O3/c1-5-15-7-10-16(11-8-15)19(13(2)3)21-20(23)17-9-6-14(4)18(12-17)22(24)25/h6-13,19H,5H2,1-4H3,(H,21,23). The largest absolute Gasteiger partial charge is 0.345 e. The number of hydrogen-bond acceptors (Lipinski definition) is 3. The Morgan fingerprint density at radius 2 is 1.80 bits per heavy atom. The summed E-state index contributed by atoms with van der Waals surface area (Å²) < 4.78 is 0. The summed E-state index contributed by atoms with van der Waals surface area (Å²) in [6, 6.07) is 12.6. The van der Waals surface area contributed by atoms with Crippen LogP contribution in [-0.2, 0) is 6.42 Å². The van der Waals surface area contributed by atoms with Crippen molar-refractivity contribution in [1.29, 1.82) is 0 Å². The molecule has 0 bridgehead atoms. The second-order valence-corrected chi connectivity index (χ2v) is 6.55. The van der Waals surface area contributed by atoms with Crippen LogP contribution < -0.4 is 5.32 Å². The number of carbonyl (C=O) groups excluding carboxylic acids is 1. The molecule has 0 radical (unpaired) electrons. The van der Waals surface area contributed by atoms with E-state index in [-0.39, 0.29) is 23.6 Å². The molecule has 0 aromatic heterocycles. The minimum absolute atomic E-state index is 0.0407. The summed E-state index contributed by atoms with van der Waals surface area (Å²) in [5.41, 5.74) is 3.07. The van der Waals surface area contributed by atoms with E-state index in [1.54, 1.807) is 19.1 Å². The molecule has 0 aliphatic carbocycles. The topological polar surface area (TPSA) is 72.2 Å². The molecule has 0 fully saturated rings. The molecule has 1 atom stereocenters. The van der Waals surface area contributed by atoms with E-state index in [1.807, 2.05) is 26.0 Å². The summed E-state index contributed by atoms with van der Waals surface area (Å²) in [4.78, 5) is 23.2. The number of nitro benzene ring substituents is 1. The highest BCUT2D eigenvalue weighted by Crippen LogP contribution is 2.24. The maximum Gasteiger partial charge on any atom is 0.273 e. The molecule has 5 nitrogen and oxygen atoms in total. The third-order valence-corrected chi connectivity index (χ3v) is 4.37. The molecular formula is C20H24N2O3. The van der Waals surface area contributed by atoms with Gasteiger partial charge in [0.05, 0.1) is 11.0 Å². The van der Waals surface area contributed by atoms with Gasteiger partial charge in [0.2, 0.25) is 0 Å². The predicted molar refractivity (Wildman–Crippen MR) is 98.7 cm³/mol. The number of amides is 1. The molecule has 0 saturated heterocycles. The van der Waals surface area contributed by atoms with Crippen molar-refractivity contribution >= 4 is 11.6 Å². The zero-order valence-electron chi connectivity index (χ0n) is 15.1. The first kappa shape index (κ1) is 18.6. The van der Waals surface area contributed by atoms with Crippen molar-refractivity contribution in [3.63, 3.8) is 0 Å². The van der Waals surface area contributed by atoms with E-state index in [0.29, 0.717) is 11.1 Å². The molecule has 0 aliphatic rings. The minimum atomic E-state index is -0.463. The van der Waals surface area contributed by atoms with Gasteiger partial charge in [-0.05, 0) is 36.5 Å². The number of carbonyl (C=O) groups is 1. The van der Waals surface area contributed by atoms with Gasteiger partial charge in [0, 0.05) is 17.2 Å². The zero-order valence-corrected chi connectivity index (χ0v) is 15.1. The summed E-state index contributed by atoms with van der Waals surface area (Å²) in [6.45, 7) is 7.83. The number of nitrogens with zero attached hydrogens (tertiary/aromatic N) is 1. The molecule has 0 aliphatic heterocycles. The summed E-state index contributed by atoms with van der Waals surface area (Å²) >= 11 is 0. The van der Waals surface area contributed by atoms with Crippen LogP contribution in [0.4, 0.5) is 5.69 Å². The molecule has 2 aromatic rings. The summed E-state index contributed by atoms with van der Waals surface area (Å²) in [5.74, 6) is -0.113. The van der Waals surface area contributed by atoms with E-state index in [9.17, 15) is 14.9 Å². The number of rotatable bonds is 6. The van der Waals surface area contributed by atoms with Crippen LogP contribution in [0.25, 0.3) is 0 Å². The van der Waals surface area contributed by atoms with Gasteiger partial charge in [-0.15, -0.1) is 0 Å². The van der Waals surface area contributed by atoms with Crippen LogP contribution in [0.2, 0.25) is 0 Å². The molecule has 0 heterocycles. The van der Waals surface area contributed by atoms with E-state index in [1.165, 1.54) is 11.6 Å². The van der Waals surface area contributed by atoms with Crippen molar-refractivity contribution in [3.8, 4) is 0 Å². The second-order valence-electron chi connectivity index (χ2n) is 6.55. The van der Waals surface area contributed by atoms with Crippen molar-refractivity contribution in [3.05, 3.63) is 74.8 Å². The fourth-order valence-corrected chi connectivity index (χ4v) is 2.77. The van der Waals surface area contributed by atoms with Gasteiger partial charge in [-0.1, -0.05) is 51.1 Å². The van der Waals surface area contributed by atoms with Crippen LogP contribution in [0.15, 0.2) is 42.5 Å². The molecule has 1 N–H and O–H groups in total. The van der Waals surface area contributed by atoms with Crippen LogP contribution in [0.3, 0.4) is 0 Å². The molecular weight excluding hydrogens is 316 g/mol. The Labute approximate surface area is 148 Å². The fourth-order valence-electron chi connectivity index (χ4n) is 2.77. The lowest BCUT2D eigenvalue weighted by atomic mass is 9.94. The summed E-state index contributed by atoms with van der Waals surface area (Å²) in [7, 11) is 0. The lowest BCUT2D eigenvalue weighted by Crippen LogP contribution is -2.31. The van der Waals surface area contributed by atoms with Gasteiger partial charge >= 0.3 is 0 Å². The SMILES string of the molecule is CCc1ccc(C(NC(=O)c2ccc(C)c([N+](=O)[O-])c2)C(C)C)cc1. The average molecular weight is 340 g/mol. The normalized spacial score (nSPS) is 12.0. The molecule has 0 spiro atoms. The molecule has 2 rings (SSSR count). The van der Waals surface area contributed by atoms with Gasteiger partial charge in [0.15, 0.2) is 0 Å². The van der Waals surface area contributed by atoms with Gasteiger partial charge in [0.1, 0.15) is 0 Å². The van der Waals surface area contributed by atoms with Gasteiger partial charge in [0.25, 0.3) is 11.6 Å². The molecule has 0 saturated carbocycles. The average Bonchev–Trinajstić information content (AvgIpc) is 2.59. The number of aryl methyl sites for hydroxylation is 2. The lowest BCUT2D eigenvalue weighted by molar-refractivity contribution is -0.385. The molecule has 5 heteroatoms. The van der Waals surface area contributed by atoms with Gasteiger partial charge < -0.3 is 5.32 Å². The van der Waals surface area contributed by atoms with E-state index in [4.69, 9.17) is 0 Å². The Bertz CT molecular complexity index is 767. The Kier molecular flexibility index (Phi) is 5.91. The Morgan fingerprint density at radius 1 is 1.16 bits per heavy atom. The van der Waals surface area contributed by atoms with Crippen molar-refractivity contribution in [2.45, 2.75) is 40.2 Å². The Morgan fingerprint density at radius 3 is 2.32 bits per heavy atom. The Hall–Kier alpha value is -2.69. The molecule has 25 heavy (non-hydrogen) atoms. The predicted octanol–water partition coefficient (Wildman–Crippen LogP) is 4.59. The molecule has 132 valence electrons. The van der Waals surface area contributed by atoms with E-state index >= 15 is 0 Å². The van der Waals surface area contributed by atoms with Crippen LogP contribution in [0.5, 0.6) is 0 Å². The number of hydrogen-bond donors (Lipinski definition) is 1. The first-order valence-corrected chi connectivity index (χ1v) is 8.48. The van der Waals surface area contributed by atoms with Gasteiger partial charge in [-0.2, -0.15) is 0 Å². The van der Waals surface area contributed by atoms with Crippen molar-refractivity contribution in [2.75, 3.05) is 0 Å². The molecule has 2 aromatic carbocycles. The highest BCUT2D eigenvalue weighted by Gasteiger charge is 2.21. The maximum absolute atomic E-state index is 12.6. The summed E-state index contributed by atoms with van der Waals surface area (Å²) in [6.07, 6.45) is 0.964. The van der Waals surface area contributed by atoms with Crippen LogP contribution in [0, 0.1) is 23.0 Å². The van der Waals surface area contributed by atoms with Crippen LogP contribution in [0.1, 0.15) is 53.9 Å². The number of nitrogens with one attached hydrogen (secondary N) is 1. The third kappa shape index (κ3) is 4.44. The lowest BCUT2D eigenvalue weighted by Gasteiger charge is -2.23. The van der Waals surface area contributed by atoms with Crippen molar-refractivity contribution < 1.29 is 9.72 Å². The highest BCUT2D eigenvalue weighted by molar-refractivity contribution is 5.95. The second kappa shape index (κ2) is 7.92. The Balaban J connectivity index is 2.25. The van der Waals surface area contributed by atoms with Crippen molar-refractivity contribution in [1.82, 2.24) is 5.32 Å². The number of nitro groups is 1. The van der Waals surface area contributed by atoms with Crippen molar-refractivity contribution in [2.24, 2.45) is 5.92 Å². The van der Waals surface area contributed by atoms with E-state index in [0.717, 1.165) is 12.0 Å². The van der Waals surface area contributed by atoms with Gasteiger partial charge in [-0.25, -0.2) is 0 Å². The minimum Gasteiger partial charge on any atom is -0.345 e. The summed E-state index contributed by atoms with van der Waals surface area (Å²) in [5, 5.41) is 14.1. The maximum atomic E-state index is 12.6. The molecule has 1 unspecified atom stereocenters.